The van der Waals surface area contributed by atoms with Crippen molar-refractivity contribution < 1.29 is 19.4 Å². The lowest BCUT2D eigenvalue weighted by Crippen LogP contribution is -2.49. The van der Waals surface area contributed by atoms with Gasteiger partial charge in [0.25, 0.3) is 5.91 Å². The molecule has 1 aromatic carbocycles. The third kappa shape index (κ3) is 3.34. The fraction of sp³-hybridized carbons (Fsp3) is 0.261. The van der Waals surface area contributed by atoms with Crippen molar-refractivity contribution in [3.63, 3.8) is 0 Å². The molecule has 8 heteroatoms. The summed E-state index contributed by atoms with van der Waals surface area (Å²) in [6.07, 6.45) is 5.59. The van der Waals surface area contributed by atoms with Crippen molar-refractivity contribution in [1.29, 1.82) is 0 Å². The summed E-state index contributed by atoms with van der Waals surface area (Å²) >= 11 is 0. The van der Waals surface area contributed by atoms with Crippen molar-refractivity contribution >= 4 is 22.7 Å². The highest BCUT2D eigenvalue weighted by Gasteiger charge is 2.46. The van der Waals surface area contributed by atoms with E-state index in [0.717, 1.165) is 29.5 Å². The van der Waals surface area contributed by atoms with Gasteiger partial charge in [0, 0.05) is 34.6 Å². The number of methoxy groups -OCH3 is 1. The van der Waals surface area contributed by atoms with E-state index in [9.17, 15) is 14.7 Å². The van der Waals surface area contributed by atoms with Gasteiger partial charge >= 0.3 is 6.03 Å². The summed E-state index contributed by atoms with van der Waals surface area (Å²) in [5.41, 5.74) is 0.131. The average Bonchev–Trinajstić information content (AvgIpc) is 3.52. The van der Waals surface area contributed by atoms with Gasteiger partial charge in [0.15, 0.2) is 5.88 Å². The molecule has 2 aliphatic rings. The molecule has 1 saturated heterocycles. The number of carbonyl (C=O) groups is 2. The second kappa shape index (κ2) is 7.06. The van der Waals surface area contributed by atoms with Crippen LogP contribution in [0.5, 0.6) is 11.6 Å². The minimum atomic E-state index is -1.52. The number of rotatable bonds is 4. The maximum absolute atomic E-state index is 12.8. The SMILES string of the molecule is COc1ccc2cn(C[C@@]3(C#Cc4cccnc4C4CC4)NC(=O)NC3=O)c(O)c2c1. The minimum Gasteiger partial charge on any atom is -0.497 e. The monoisotopic (exact) mass is 416 g/mol. The first-order valence-corrected chi connectivity index (χ1v) is 9.96. The molecule has 3 N–H and O–H groups in total. The Morgan fingerprint density at radius 3 is 2.87 bits per heavy atom. The number of aromatic hydroxyl groups is 1. The number of aromatic nitrogens is 2. The van der Waals surface area contributed by atoms with Gasteiger partial charge in [-0.05, 0) is 43.2 Å². The van der Waals surface area contributed by atoms with Gasteiger partial charge in [-0.2, -0.15) is 0 Å². The Labute approximate surface area is 178 Å². The highest BCUT2D eigenvalue weighted by molar-refractivity contribution is 6.09. The molecule has 0 bridgehead atoms. The molecule has 1 aliphatic carbocycles. The molecule has 3 amide bonds. The van der Waals surface area contributed by atoms with Crippen LogP contribution in [0.1, 0.15) is 30.0 Å². The molecule has 156 valence electrons. The molecule has 2 aromatic heterocycles. The number of carbonyl (C=O) groups excluding carboxylic acids is 2. The lowest BCUT2D eigenvalue weighted by atomic mass is 9.99. The molecule has 5 rings (SSSR count). The number of benzene rings is 1. The Bertz CT molecular complexity index is 1280. The van der Waals surface area contributed by atoms with Crippen LogP contribution in [-0.4, -0.2) is 39.2 Å². The normalized spacial score (nSPS) is 20.2. The van der Waals surface area contributed by atoms with Crippen LogP contribution in [0.2, 0.25) is 0 Å². The van der Waals surface area contributed by atoms with Gasteiger partial charge in [0.05, 0.1) is 19.3 Å². The molecular formula is C23H20N4O4. The van der Waals surface area contributed by atoms with Crippen LogP contribution >= 0.6 is 0 Å². The summed E-state index contributed by atoms with van der Waals surface area (Å²) in [6.45, 7) is -0.0561. The second-order valence-electron chi connectivity index (χ2n) is 7.81. The molecular weight excluding hydrogens is 396 g/mol. The maximum Gasteiger partial charge on any atom is 0.323 e. The number of hydrogen-bond acceptors (Lipinski definition) is 5. The molecule has 0 radical (unpaired) electrons. The lowest BCUT2D eigenvalue weighted by Gasteiger charge is -2.21. The highest BCUT2D eigenvalue weighted by atomic mass is 16.5. The summed E-state index contributed by atoms with van der Waals surface area (Å²) in [4.78, 5) is 29.2. The number of pyridine rings is 1. The van der Waals surface area contributed by atoms with E-state index in [2.05, 4.69) is 27.5 Å². The molecule has 31 heavy (non-hydrogen) atoms. The van der Waals surface area contributed by atoms with Crippen molar-refractivity contribution in [3.05, 3.63) is 54.0 Å². The standard InChI is InChI=1S/C23H20N4O4/c1-31-17-7-6-16-12-27(20(28)18(16)11-17)13-23(21(29)25-22(30)26-23)9-8-14-3-2-10-24-19(14)15-4-5-15/h2-3,6-7,10-12,15,28H,4-5,13H2,1H3,(H2,25,26,29,30)/t23-/m1/s1. The van der Waals surface area contributed by atoms with Crippen molar-refractivity contribution in [1.82, 2.24) is 20.2 Å². The van der Waals surface area contributed by atoms with E-state index in [1.165, 1.54) is 4.57 Å². The molecule has 1 atom stereocenters. The van der Waals surface area contributed by atoms with Gasteiger partial charge in [0.2, 0.25) is 5.54 Å². The third-order valence-corrected chi connectivity index (χ3v) is 5.63. The summed E-state index contributed by atoms with van der Waals surface area (Å²) in [6, 6.07) is 8.36. The topological polar surface area (TPSA) is 105 Å². The number of ether oxygens (including phenoxy) is 1. The molecule has 8 nitrogen and oxygen atoms in total. The number of nitrogens with one attached hydrogen (secondary N) is 2. The van der Waals surface area contributed by atoms with E-state index >= 15 is 0 Å². The van der Waals surface area contributed by atoms with Gasteiger partial charge in [-0.25, -0.2) is 4.79 Å². The Hall–Kier alpha value is -3.99. The average molecular weight is 416 g/mol. The van der Waals surface area contributed by atoms with Crippen molar-refractivity contribution in [3.8, 4) is 23.5 Å². The summed E-state index contributed by atoms with van der Waals surface area (Å²) in [7, 11) is 1.55. The van der Waals surface area contributed by atoms with Gasteiger partial charge in [0.1, 0.15) is 5.75 Å². The minimum absolute atomic E-state index is 0.0379. The first-order chi connectivity index (χ1) is 15.0. The fourth-order valence-corrected chi connectivity index (χ4v) is 3.84. The third-order valence-electron chi connectivity index (χ3n) is 5.63. The number of imide groups is 1. The van der Waals surface area contributed by atoms with Crippen LogP contribution in [0.3, 0.4) is 0 Å². The van der Waals surface area contributed by atoms with Crippen molar-refractivity contribution in [2.45, 2.75) is 30.8 Å². The first-order valence-electron chi connectivity index (χ1n) is 9.96. The highest BCUT2D eigenvalue weighted by Crippen LogP contribution is 2.40. The molecule has 0 spiro atoms. The zero-order valence-electron chi connectivity index (χ0n) is 16.8. The van der Waals surface area contributed by atoms with Crippen molar-refractivity contribution in [2.24, 2.45) is 0 Å². The van der Waals surface area contributed by atoms with E-state index in [1.807, 2.05) is 12.1 Å². The van der Waals surface area contributed by atoms with Crippen LogP contribution < -0.4 is 15.4 Å². The molecule has 1 aliphatic heterocycles. The number of urea groups is 1. The van der Waals surface area contributed by atoms with E-state index in [-0.39, 0.29) is 12.4 Å². The van der Waals surface area contributed by atoms with Crippen molar-refractivity contribution in [2.75, 3.05) is 7.11 Å². The van der Waals surface area contributed by atoms with Gasteiger partial charge in [-0.3, -0.25) is 15.1 Å². The zero-order valence-corrected chi connectivity index (χ0v) is 16.8. The van der Waals surface area contributed by atoms with Crippen LogP contribution in [0, 0.1) is 11.8 Å². The molecule has 1 saturated carbocycles. The fourth-order valence-electron chi connectivity index (χ4n) is 3.84. The molecule has 3 aromatic rings. The Morgan fingerprint density at radius 1 is 1.32 bits per heavy atom. The molecule has 0 unspecified atom stereocenters. The second-order valence-corrected chi connectivity index (χ2v) is 7.81. The van der Waals surface area contributed by atoms with Crippen LogP contribution in [0.25, 0.3) is 10.8 Å². The molecule has 3 heterocycles. The smallest absolute Gasteiger partial charge is 0.323 e. The largest absolute Gasteiger partial charge is 0.497 e. The Balaban J connectivity index is 1.56. The predicted molar refractivity (Wildman–Crippen MR) is 113 cm³/mol. The number of fused-ring (bicyclic) bond motifs is 1. The van der Waals surface area contributed by atoms with Crippen LogP contribution in [-0.2, 0) is 11.3 Å². The van der Waals surface area contributed by atoms with E-state index in [1.54, 1.807) is 37.7 Å². The lowest BCUT2D eigenvalue weighted by molar-refractivity contribution is -0.122. The van der Waals surface area contributed by atoms with E-state index in [4.69, 9.17) is 4.74 Å². The van der Waals surface area contributed by atoms with E-state index < -0.39 is 17.5 Å². The number of amides is 3. The summed E-state index contributed by atoms with van der Waals surface area (Å²) in [5.74, 6) is 6.42. The van der Waals surface area contributed by atoms with Gasteiger partial charge in [-0.1, -0.05) is 11.8 Å². The van der Waals surface area contributed by atoms with Gasteiger partial charge < -0.3 is 19.7 Å². The Kier molecular flexibility index (Phi) is 4.33. The summed E-state index contributed by atoms with van der Waals surface area (Å²) in [5, 5.41) is 17.0. The summed E-state index contributed by atoms with van der Waals surface area (Å²) < 4.78 is 6.73. The Morgan fingerprint density at radius 2 is 2.16 bits per heavy atom. The van der Waals surface area contributed by atoms with Gasteiger partial charge in [-0.15, -0.1) is 0 Å². The van der Waals surface area contributed by atoms with Crippen LogP contribution in [0.4, 0.5) is 4.79 Å². The zero-order chi connectivity index (χ0) is 21.6. The number of hydrogen-bond donors (Lipinski definition) is 3. The van der Waals surface area contributed by atoms with Crippen LogP contribution in [0.15, 0.2) is 42.7 Å². The number of nitrogens with zero attached hydrogens (tertiary/aromatic N) is 2. The maximum atomic E-state index is 12.8. The first kappa shape index (κ1) is 19.0. The molecule has 2 fully saturated rings. The van der Waals surface area contributed by atoms with E-state index in [0.29, 0.717) is 17.1 Å². The predicted octanol–water partition coefficient (Wildman–Crippen LogP) is 2.26. The quantitative estimate of drug-likeness (QED) is 0.447.